The first-order chi connectivity index (χ1) is 9.86. The predicted molar refractivity (Wildman–Crippen MR) is 82.5 cm³/mol. The molecule has 0 aliphatic carbocycles. The Bertz CT molecular complexity index is 484. The number of nitrogens with one attached hydrogen (secondary N) is 1. The van der Waals surface area contributed by atoms with Gasteiger partial charge in [-0.25, -0.2) is 0 Å². The number of rotatable bonds is 7. The van der Waals surface area contributed by atoms with Gasteiger partial charge in [0.25, 0.3) is 0 Å². The highest BCUT2D eigenvalue weighted by atomic mass is 15.0. The van der Waals surface area contributed by atoms with Gasteiger partial charge in [-0.1, -0.05) is 44.2 Å². The van der Waals surface area contributed by atoms with Crippen LogP contribution in [0.2, 0.25) is 0 Å². The van der Waals surface area contributed by atoms with Gasteiger partial charge in [-0.2, -0.15) is 0 Å². The van der Waals surface area contributed by atoms with Crippen LogP contribution in [-0.4, -0.2) is 16.5 Å². The minimum Gasteiger partial charge on any atom is -0.308 e. The molecule has 0 bridgehead atoms. The molecule has 0 saturated heterocycles. The molecule has 1 heterocycles. The minimum absolute atomic E-state index is 0.219. The van der Waals surface area contributed by atoms with Gasteiger partial charge in [-0.15, -0.1) is 0 Å². The van der Waals surface area contributed by atoms with Gasteiger partial charge >= 0.3 is 0 Å². The van der Waals surface area contributed by atoms with Crippen LogP contribution in [0, 0.1) is 0 Å². The van der Waals surface area contributed by atoms with Crippen molar-refractivity contribution < 1.29 is 0 Å². The van der Waals surface area contributed by atoms with E-state index in [4.69, 9.17) is 0 Å². The molecule has 2 unspecified atom stereocenters. The molecule has 0 amide bonds. The summed E-state index contributed by atoms with van der Waals surface area (Å²) >= 11 is 0. The van der Waals surface area contributed by atoms with Gasteiger partial charge in [-0.05, 0) is 24.9 Å². The Morgan fingerprint density at radius 2 is 1.90 bits per heavy atom. The average Bonchev–Trinajstić information content (AvgIpc) is 2.53. The quantitative estimate of drug-likeness (QED) is 0.832. The second kappa shape index (κ2) is 7.75. The molecule has 3 heteroatoms. The Balaban J connectivity index is 2.29. The lowest BCUT2D eigenvalue weighted by Crippen LogP contribution is -2.28. The summed E-state index contributed by atoms with van der Waals surface area (Å²) < 4.78 is 0. The molecule has 1 aromatic heterocycles. The van der Waals surface area contributed by atoms with Crippen molar-refractivity contribution in [2.45, 2.75) is 38.6 Å². The Hall–Kier alpha value is -1.74. The number of hydrogen-bond donors (Lipinski definition) is 1. The SMILES string of the molecule is CCCNC(c1cnccn1)C(CC)c1ccccc1. The van der Waals surface area contributed by atoms with Crippen molar-refractivity contribution in [2.24, 2.45) is 0 Å². The van der Waals surface area contributed by atoms with Crippen molar-refractivity contribution in [1.29, 1.82) is 0 Å². The Kier molecular flexibility index (Phi) is 5.69. The summed E-state index contributed by atoms with van der Waals surface area (Å²) in [6.07, 6.45) is 7.56. The summed E-state index contributed by atoms with van der Waals surface area (Å²) in [4.78, 5) is 8.72. The zero-order valence-electron chi connectivity index (χ0n) is 12.3. The first-order valence-electron chi connectivity index (χ1n) is 7.41. The maximum Gasteiger partial charge on any atom is 0.0762 e. The fraction of sp³-hybridized carbons (Fsp3) is 0.412. The van der Waals surface area contributed by atoms with E-state index in [9.17, 15) is 0 Å². The van der Waals surface area contributed by atoms with Crippen LogP contribution in [0.15, 0.2) is 48.9 Å². The van der Waals surface area contributed by atoms with E-state index in [1.165, 1.54) is 5.56 Å². The molecule has 2 aromatic rings. The van der Waals surface area contributed by atoms with Crippen molar-refractivity contribution in [3.05, 3.63) is 60.2 Å². The number of benzene rings is 1. The number of nitrogens with zero attached hydrogens (tertiary/aromatic N) is 2. The minimum atomic E-state index is 0.219. The maximum absolute atomic E-state index is 4.50. The van der Waals surface area contributed by atoms with E-state index >= 15 is 0 Å². The monoisotopic (exact) mass is 269 g/mol. The van der Waals surface area contributed by atoms with E-state index in [1.807, 2.05) is 6.20 Å². The molecule has 0 saturated carbocycles. The topological polar surface area (TPSA) is 37.8 Å². The first-order valence-corrected chi connectivity index (χ1v) is 7.41. The summed E-state index contributed by atoms with van der Waals surface area (Å²) in [7, 11) is 0. The van der Waals surface area contributed by atoms with Crippen LogP contribution >= 0.6 is 0 Å². The fourth-order valence-corrected chi connectivity index (χ4v) is 2.59. The third kappa shape index (κ3) is 3.64. The number of hydrogen-bond acceptors (Lipinski definition) is 3. The molecule has 0 radical (unpaired) electrons. The average molecular weight is 269 g/mol. The van der Waals surface area contributed by atoms with Gasteiger partial charge in [0.1, 0.15) is 0 Å². The maximum atomic E-state index is 4.50. The van der Waals surface area contributed by atoms with E-state index in [0.29, 0.717) is 5.92 Å². The standard InChI is InChI=1S/C17H23N3/c1-3-10-20-17(16-13-18-11-12-19-16)15(4-2)14-8-6-5-7-9-14/h5-9,11-13,15,17,20H,3-4,10H2,1-2H3. The zero-order chi connectivity index (χ0) is 14.2. The van der Waals surface area contributed by atoms with Crippen molar-refractivity contribution in [3.8, 4) is 0 Å². The molecule has 2 atom stereocenters. The van der Waals surface area contributed by atoms with Crippen molar-refractivity contribution in [3.63, 3.8) is 0 Å². The third-order valence-corrected chi connectivity index (χ3v) is 3.59. The molecule has 1 N–H and O–H groups in total. The Labute approximate surface area is 121 Å². The normalized spacial score (nSPS) is 13.9. The van der Waals surface area contributed by atoms with E-state index in [0.717, 1.165) is 25.1 Å². The van der Waals surface area contributed by atoms with Crippen LogP contribution in [0.4, 0.5) is 0 Å². The molecule has 0 fully saturated rings. The van der Waals surface area contributed by atoms with Crippen LogP contribution in [0.5, 0.6) is 0 Å². The smallest absolute Gasteiger partial charge is 0.0762 e. The summed E-state index contributed by atoms with van der Waals surface area (Å²) in [6, 6.07) is 10.9. The van der Waals surface area contributed by atoms with E-state index in [1.54, 1.807) is 12.4 Å². The van der Waals surface area contributed by atoms with Gasteiger partial charge in [0.15, 0.2) is 0 Å². The highest BCUT2D eigenvalue weighted by Crippen LogP contribution is 2.32. The third-order valence-electron chi connectivity index (χ3n) is 3.59. The molecular formula is C17H23N3. The van der Waals surface area contributed by atoms with Gasteiger partial charge in [0, 0.05) is 24.5 Å². The van der Waals surface area contributed by atoms with E-state index < -0.39 is 0 Å². The lowest BCUT2D eigenvalue weighted by molar-refractivity contribution is 0.426. The predicted octanol–water partition coefficient (Wildman–Crippen LogP) is 3.71. The van der Waals surface area contributed by atoms with Crippen LogP contribution in [-0.2, 0) is 0 Å². The molecule has 0 aliphatic heterocycles. The van der Waals surface area contributed by atoms with Crippen molar-refractivity contribution >= 4 is 0 Å². The van der Waals surface area contributed by atoms with Gasteiger partial charge in [-0.3, -0.25) is 9.97 Å². The summed E-state index contributed by atoms with van der Waals surface area (Å²) in [5, 5.41) is 3.63. The van der Waals surface area contributed by atoms with Crippen LogP contribution in [0.25, 0.3) is 0 Å². The summed E-state index contributed by atoms with van der Waals surface area (Å²) in [6.45, 7) is 5.41. The van der Waals surface area contributed by atoms with Gasteiger partial charge in [0.05, 0.1) is 11.7 Å². The van der Waals surface area contributed by atoms with Crippen molar-refractivity contribution in [2.75, 3.05) is 6.54 Å². The molecule has 0 spiro atoms. The zero-order valence-corrected chi connectivity index (χ0v) is 12.3. The highest BCUT2D eigenvalue weighted by molar-refractivity contribution is 5.24. The van der Waals surface area contributed by atoms with Crippen molar-refractivity contribution in [1.82, 2.24) is 15.3 Å². The first kappa shape index (κ1) is 14.7. The second-order valence-corrected chi connectivity index (χ2v) is 4.99. The lowest BCUT2D eigenvalue weighted by atomic mass is 9.87. The lowest BCUT2D eigenvalue weighted by Gasteiger charge is -2.27. The van der Waals surface area contributed by atoms with Gasteiger partial charge < -0.3 is 5.32 Å². The van der Waals surface area contributed by atoms with Crippen LogP contribution in [0.3, 0.4) is 0 Å². The molecular weight excluding hydrogens is 246 g/mol. The number of aromatic nitrogens is 2. The molecule has 106 valence electrons. The molecule has 2 rings (SSSR count). The Morgan fingerprint density at radius 3 is 2.50 bits per heavy atom. The summed E-state index contributed by atoms with van der Waals surface area (Å²) in [5.74, 6) is 0.416. The fourth-order valence-electron chi connectivity index (χ4n) is 2.59. The summed E-state index contributed by atoms with van der Waals surface area (Å²) in [5.41, 5.74) is 2.38. The molecule has 1 aromatic carbocycles. The van der Waals surface area contributed by atoms with Gasteiger partial charge in [0.2, 0.25) is 0 Å². The molecule has 0 aliphatic rings. The highest BCUT2D eigenvalue weighted by Gasteiger charge is 2.23. The largest absolute Gasteiger partial charge is 0.308 e. The Morgan fingerprint density at radius 1 is 1.10 bits per heavy atom. The molecule has 20 heavy (non-hydrogen) atoms. The molecule has 3 nitrogen and oxygen atoms in total. The second-order valence-electron chi connectivity index (χ2n) is 4.99. The van der Waals surface area contributed by atoms with Crippen LogP contribution < -0.4 is 5.32 Å². The van der Waals surface area contributed by atoms with Crippen LogP contribution in [0.1, 0.15) is 49.9 Å². The van der Waals surface area contributed by atoms with E-state index in [-0.39, 0.29) is 6.04 Å². The van der Waals surface area contributed by atoms with E-state index in [2.05, 4.69) is 59.5 Å².